The van der Waals surface area contributed by atoms with Crippen molar-refractivity contribution >= 4 is 8.24 Å². The van der Waals surface area contributed by atoms with Crippen LogP contribution in [0, 0.1) is 0 Å². The van der Waals surface area contributed by atoms with Crippen molar-refractivity contribution in [1.82, 2.24) is 0 Å². The van der Waals surface area contributed by atoms with Gasteiger partial charge < -0.3 is 5.40 Å². The Morgan fingerprint density at radius 2 is 0.320 bits per heavy atom. The lowest BCUT2D eigenvalue weighted by Crippen LogP contribution is -2.94. The van der Waals surface area contributed by atoms with E-state index < -0.39 is 96.7 Å². The molecule has 0 unspecified atom stereocenters. The Kier molecular flexibility index (Phi) is 10.7. The van der Waals surface area contributed by atoms with Gasteiger partial charge in [-0.1, -0.05) is 0 Å². The molecule has 0 atom stereocenters. The molecule has 0 fully saturated rings. The van der Waals surface area contributed by atoms with Gasteiger partial charge in [-0.2, -0.15) is 119 Å². The summed E-state index contributed by atoms with van der Waals surface area (Å²) in [6, 6.07) is 0. The van der Waals surface area contributed by atoms with Crippen LogP contribution >= 0.6 is 0 Å². The van der Waals surface area contributed by atoms with Gasteiger partial charge in [-0.15, -0.1) is 0 Å². The van der Waals surface area contributed by atoms with E-state index in [-0.39, 0.29) is 0 Å². The van der Waals surface area contributed by atoms with E-state index in [9.17, 15) is 145 Å². The molecule has 0 radical (unpaired) electrons. The van der Waals surface area contributed by atoms with Crippen molar-refractivity contribution in [2.75, 3.05) is 0 Å². The van der Waals surface area contributed by atoms with Gasteiger partial charge in [0.15, 0.2) is 0 Å². The predicted octanol–water partition coefficient (Wildman–Crippen LogP) is 9.82. The highest BCUT2D eigenvalue weighted by molar-refractivity contribution is 6.84. The van der Waals surface area contributed by atoms with E-state index >= 15 is 0 Å². The largest absolute Gasteiger partial charge is 0.460 e. The van der Waals surface area contributed by atoms with E-state index in [0.29, 0.717) is 0 Å². The van der Waals surface area contributed by atoms with E-state index in [4.69, 9.17) is 0 Å². The summed E-state index contributed by atoms with van der Waals surface area (Å²) in [6.45, 7) is 0. The maximum atomic E-state index is 14.6. The molecule has 0 bridgehead atoms. The molecule has 0 saturated carbocycles. The first kappa shape index (κ1) is 47.9. The minimum Gasteiger partial charge on any atom is -0.337 e. The molecule has 302 valence electrons. The van der Waals surface area contributed by atoms with Crippen LogP contribution in [0.25, 0.3) is 0 Å². The minimum atomic E-state index is -12.9. The number of nitrogens with two attached hydrogens (primary N) is 1. The Labute approximate surface area is 248 Å². The first-order chi connectivity index (χ1) is 20.8. The second-order valence-corrected chi connectivity index (χ2v) is 12.7. The van der Waals surface area contributed by atoms with Crippen molar-refractivity contribution in [1.29, 1.82) is 0 Å². The quantitative estimate of drug-likeness (QED) is 0.154. The molecule has 2 N–H and O–H groups in total. The highest BCUT2D eigenvalue weighted by atomic mass is 28.3. The molecule has 0 amide bonds. The molecule has 0 aromatic rings. The average Bonchev–Trinajstić information content (AvgIpc) is 2.84. The SMILES string of the molecule is N[Si](C(F)(F)C(F)(F)C(F)(F)C(F)(F)C(F)(F)F)(C(F)(F)C(F)(F)C(F)(F)C(F)(F)C(F)(F)F)C(F)(F)C(F)(F)C(F)(F)C(F)(F)C(F)(F)F. The van der Waals surface area contributed by atoms with Gasteiger partial charge in [-0.3, -0.25) is 0 Å². The van der Waals surface area contributed by atoms with Crippen molar-refractivity contribution in [2.45, 2.75) is 88.5 Å². The topological polar surface area (TPSA) is 26.0 Å². The third-order valence-electron chi connectivity index (χ3n) is 6.10. The zero-order chi connectivity index (χ0) is 42.0. The molecule has 35 heteroatoms. The Hall–Kier alpha value is -2.13. The molecule has 0 aliphatic rings. The van der Waals surface area contributed by atoms with E-state index in [2.05, 4.69) is 5.40 Å². The van der Waals surface area contributed by atoms with Gasteiger partial charge in [0.25, 0.3) is 0 Å². The highest BCUT2D eigenvalue weighted by Crippen LogP contribution is 2.69. The molecule has 0 aliphatic heterocycles. The number of alkyl halides is 33. The normalized spacial score (nSPS) is 17.4. The monoisotopic (exact) mass is 851 g/mol. The van der Waals surface area contributed by atoms with Crippen LogP contribution in [0.4, 0.5) is 145 Å². The summed E-state index contributed by atoms with van der Waals surface area (Å²) in [4.78, 5) is 0. The fraction of sp³-hybridized carbons (Fsp3) is 1.00. The first-order valence-electron chi connectivity index (χ1n) is 10.3. The van der Waals surface area contributed by atoms with E-state index in [0.717, 1.165) is 0 Å². The fourth-order valence-corrected chi connectivity index (χ4v) is 6.19. The third kappa shape index (κ3) is 5.23. The predicted molar refractivity (Wildman–Crippen MR) is 87.5 cm³/mol. The molecular weight excluding hydrogens is 849 g/mol. The number of hydrogen-bond donors (Lipinski definition) is 1. The third-order valence-corrected chi connectivity index (χ3v) is 10.0. The molecule has 0 rings (SSSR count). The van der Waals surface area contributed by atoms with Gasteiger partial charge in [0, 0.05) is 0 Å². The summed E-state index contributed by atoms with van der Waals surface area (Å²) >= 11 is 0. The van der Waals surface area contributed by atoms with Crippen molar-refractivity contribution in [3.63, 3.8) is 0 Å². The molecule has 50 heavy (non-hydrogen) atoms. The molecule has 0 aliphatic carbocycles. The minimum absolute atomic E-state index is 2.81. The van der Waals surface area contributed by atoms with Gasteiger partial charge >= 0.3 is 96.7 Å². The number of halogens is 33. The zero-order valence-electron chi connectivity index (χ0n) is 21.1. The maximum absolute atomic E-state index is 14.6. The lowest BCUT2D eigenvalue weighted by atomic mass is 10.0. The molecule has 0 spiro atoms. The van der Waals surface area contributed by atoms with Crippen LogP contribution in [-0.2, 0) is 0 Å². The van der Waals surface area contributed by atoms with Crippen molar-refractivity contribution in [3.8, 4) is 0 Å². The van der Waals surface area contributed by atoms with Crippen LogP contribution in [0.1, 0.15) is 0 Å². The van der Waals surface area contributed by atoms with E-state index in [1.54, 1.807) is 0 Å². The summed E-state index contributed by atoms with van der Waals surface area (Å²) in [6.07, 6.45) is -25.9. The average molecular weight is 851 g/mol. The molecule has 1 nitrogen and oxygen atoms in total. The Morgan fingerprint density at radius 1 is 0.200 bits per heavy atom. The van der Waals surface area contributed by atoms with Crippen LogP contribution in [-0.4, -0.2) is 96.7 Å². The van der Waals surface area contributed by atoms with Crippen molar-refractivity contribution < 1.29 is 145 Å². The zero-order valence-corrected chi connectivity index (χ0v) is 22.1. The van der Waals surface area contributed by atoms with Crippen molar-refractivity contribution in [3.05, 3.63) is 0 Å². The van der Waals surface area contributed by atoms with Gasteiger partial charge in [0.05, 0.1) is 0 Å². The van der Waals surface area contributed by atoms with Crippen molar-refractivity contribution in [2.24, 2.45) is 5.40 Å². The summed E-state index contributed by atoms with van der Waals surface area (Å²) in [5.41, 5.74) is -31.3. The molecular formula is C15H2F33NSi. The summed E-state index contributed by atoms with van der Waals surface area (Å²) in [5.74, 6) is -87.6. The van der Waals surface area contributed by atoms with Crippen LogP contribution in [0.2, 0.25) is 0 Å². The van der Waals surface area contributed by atoms with E-state index in [1.165, 1.54) is 0 Å². The Bertz CT molecular complexity index is 1090. The Balaban J connectivity index is 9.02. The highest BCUT2D eigenvalue weighted by Gasteiger charge is 3.05. The first-order valence-corrected chi connectivity index (χ1v) is 12.4. The van der Waals surface area contributed by atoms with E-state index in [1.807, 2.05) is 0 Å². The van der Waals surface area contributed by atoms with Crippen LogP contribution in [0.5, 0.6) is 0 Å². The van der Waals surface area contributed by atoms with Gasteiger partial charge in [-0.25, -0.2) is 26.3 Å². The molecule has 0 aromatic carbocycles. The van der Waals surface area contributed by atoms with Gasteiger partial charge in [-0.05, 0) is 0 Å². The fourth-order valence-electron chi connectivity index (χ4n) is 3.05. The lowest BCUT2D eigenvalue weighted by Gasteiger charge is -2.52. The number of hydrogen-bond acceptors (Lipinski definition) is 1. The van der Waals surface area contributed by atoms with Crippen LogP contribution in [0.3, 0.4) is 0 Å². The summed E-state index contributed by atoms with van der Waals surface area (Å²) < 4.78 is 442. The summed E-state index contributed by atoms with van der Waals surface area (Å²) in [5, 5.41) is 2.81. The summed E-state index contributed by atoms with van der Waals surface area (Å²) in [7, 11) is -12.9. The van der Waals surface area contributed by atoms with Gasteiger partial charge in [0.2, 0.25) is 0 Å². The standard InChI is InChI=1S/C15H2F33NSi/c16-1(17,4(22,23)10(34,35)36)7(28,29)13(43,44)50(49,14(45,46)8(30,31)2(18,19)5(24,25)11(37,38)39)15(47,48)9(32,33)3(20,21)6(26,27)12(40,41)42/h49H2. The Morgan fingerprint density at radius 3 is 0.420 bits per heavy atom. The second kappa shape index (κ2) is 11.2. The molecule has 0 heterocycles. The maximum Gasteiger partial charge on any atom is 0.460 e. The second-order valence-electron chi connectivity index (χ2n) is 9.19. The molecule has 0 aromatic heterocycles. The number of rotatable bonds is 12. The van der Waals surface area contributed by atoms with Crippen LogP contribution < -0.4 is 5.40 Å². The van der Waals surface area contributed by atoms with Crippen LogP contribution in [0.15, 0.2) is 0 Å². The molecule has 0 saturated heterocycles. The lowest BCUT2D eigenvalue weighted by molar-refractivity contribution is -0.429. The van der Waals surface area contributed by atoms with Gasteiger partial charge in [0.1, 0.15) is 0 Å². The smallest absolute Gasteiger partial charge is 0.337 e.